The van der Waals surface area contributed by atoms with E-state index >= 15 is 0 Å². The predicted octanol–water partition coefficient (Wildman–Crippen LogP) is 1.29. The number of ether oxygens (including phenoxy) is 3. The van der Waals surface area contributed by atoms with E-state index in [1.54, 1.807) is 13.3 Å². The molecule has 0 bridgehead atoms. The van der Waals surface area contributed by atoms with E-state index in [1.165, 1.54) is 0 Å². The fourth-order valence-electron chi connectivity index (χ4n) is 2.18. The Hall–Kier alpha value is -1.66. The third kappa shape index (κ3) is 5.32. The van der Waals surface area contributed by atoms with Crippen molar-refractivity contribution in [2.24, 2.45) is 0 Å². The monoisotopic (exact) mass is 294 g/mol. The van der Waals surface area contributed by atoms with Crippen molar-refractivity contribution in [1.29, 1.82) is 0 Å². The Balaban J connectivity index is 1.60. The van der Waals surface area contributed by atoms with E-state index in [0.29, 0.717) is 32.1 Å². The van der Waals surface area contributed by atoms with E-state index in [0.717, 1.165) is 25.0 Å². The first-order valence-corrected chi connectivity index (χ1v) is 7.23. The molecule has 116 valence electrons. The van der Waals surface area contributed by atoms with E-state index in [1.807, 2.05) is 12.1 Å². The lowest BCUT2D eigenvalue weighted by molar-refractivity contribution is -0.122. The Morgan fingerprint density at radius 1 is 1.57 bits per heavy atom. The summed E-state index contributed by atoms with van der Waals surface area (Å²) in [5, 5.41) is 2.83. The number of nitrogens with one attached hydrogen (secondary N) is 1. The van der Waals surface area contributed by atoms with Gasteiger partial charge in [0.2, 0.25) is 11.8 Å². The predicted molar refractivity (Wildman–Crippen MR) is 77.0 cm³/mol. The first-order chi connectivity index (χ1) is 10.3. The van der Waals surface area contributed by atoms with Gasteiger partial charge in [0, 0.05) is 31.3 Å². The lowest BCUT2D eigenvalue weighted by atomic mass is 10.2. The summed E-state index contributed by atoms with van der Waals surface area (Å²) in [6.45, 7) is 2.21. The standard InChI is InChI=1S/C15H22N2O4/c1-19-15-12(4-2-7-16-15)10-17-14(18)6-9-20-11-13-5-3-8-21-13/h2,4,7,13H,3,5-6,8-11H2,1H3,(H,17,18)/t13-/m0/s1. The van der Waals surface area contributed by atoms with Crippen LogP contribution in [0.4, 0.5) is 0 Å². The lowest BCUT2D eigenvalue weighted by Gasteiger charge is -2.11. The SMILES string of the molecule is COc1ncccc1CNC(=O)CCOC[C@@H]1CCCO1. The molecule has 0 saturated carbocycles. The molecule has 2 rings (SSSR count). The van der Waals surface area contributed by atoms with Gasteiger partial charge < -0.3 is 19.5 Å². The average Bonchev–Trinajstić information content (AvgIpc) is 3.03. The van der Waals surface area contributed by atoms with Gasteiger partial charge in [0.15, 0.2) is 0 Å². The molecule has 0 aromatic carbocycles. The Morgan fingerprint density at radius 3 is 3.24 bits per heavy atom. The minimum absolute atomic E-state index is 0.0479. The zero-order valence-electron chi connectivity index (χ0n) is 12.3. The molecule has 1 atom stereocenters. The van der Waals surface area contributed by atoms with Crippen LogP contribution in [-0.4, -0.2) is 43.9 Å². The van der Waals surface area contributed by atoms with Gasteiger partial charge in [-0.05, 0) is 18.9 Å². The Labute approximate surface area is 124 Å². The summed E-state index contributed by atoms with van der Waals surface area (Å²) in [5.74, 6) is 0.487. The van der Waals surface area contributed by atoms with Crippen LogP contribution >= 0.6 is 0 Å². The highest BCUT2D eigenvalue weighted by molar-refractivity contribution is 5.76. The van der Waals surface area contributed by atoms with E-state index in [4.69, 9.17) is 14.2 Å². The fourth-order valence-corrected chi connectivity index (χ4v) is 2.18. The third-order valence-electron chi connectivity index (χ3n) is 3.32. The Bertz CT molecular complexity index is 447. The molecule has 0 spiro atoms. The van der Waals surface area contributed by atoms with E-state index in [-0.39, 0.29) is 12.0 Å². The van der Waals surface area contributed by atoms with E-state index < -0.39 is 0 Å². The zero-order valence-corrected chi connectivity index (χ0v) is 12.3. The summed E-state index contributed by atoms with van der Waals surface area (Å²) in [7, 11) is 1.56. The normalized spacial score (nSPS) is 17.7. The second-order valence-electron chi connectivity index (χ2n) is 4.91. The topological polar surface area (TPSA) is 69.7 Å². The minimum Gasteiger partial charge on any atom is -0.481 e. The molecule has 1 fully saturated rings. The van der Waals surface area contributed by atoms with Crippen molar-refractivity contribution in [2.75, 3.05) is 26.9 Å². The minimum atomic E-state index is -0.0479. The van der Waals surface area contributed by atoms with Crippen molar-refractivity contribution in [3.05, 3.63) is 23.9 Å². The molecule has 6 nitrogen and oxygen atoms in total. The second-order valence-corrected chi connectivity index (χ2v) is 4.91. The summed E-state index contributed by atoms with van der Waals surface area (Å²) in [5.41, 5.74) is 0.855. The molecule has 1 aromatic heterocycles. The maximum absolute atomic E-state index is 11.7. The zero-order chi connectivity index (χ0) is 14.9. The van der Waals surface area contributed by atoms with Crippen molar-refractivity contribution >= 4 is 5.91 Å². The molecule has 6 heteroatoms. The molecule has 1 N–H and O–H groups in total. The van der Waals surface area contributed by atoms with Crippen LogP contribution in [0, 0.1) is 0 Å². The van der Waals surface area contributed by atoms with E-state index in [9.17, 15) is 4.79 Å². The van der Waals surface area contributed by atoms with Crippen LogP contribution in [0.15, 0.2) is 18.3 Å². The highest BCUT2D eigenvalue weighted by Gasteiger charge is 2.15. The molecule has 1 aliphatic heterocycles. The number of amides is 1. The van der Waals surface area contributed by atoms with Gasteiger partial charge in [-0.1, -0.05) is 6.07 Å². The van der Waals surface area contributed by atoms with Crippen LogP contribution in [0.1, 0.15) is 24.8 Å². The molecule has 1 aliphatic rings. The molecule has 1 saturated heterocycles. The lowest BCUT2D eigenvalue weighted by Crippen LogP contribution is -2.25. The van der Waals surface area contributed by atoms with Gasteiger partial charge in [-0.3, -0.25) is 4.79 Å². The van der Waals surface area contributed by atoms with Crippen molar-refractivity contribution in [1.82, 2.24) is 10.3 Å². The molecule has 0 unspecified atom stereocenters. The number of nitrogens with zero attached hydrogens (tertiary/aromatic N) is 1. The first kappa shape index (κ1) is 15.7. The summed E-state index contributed by atoms with van der Waals surface area (Å²) in [4.78, 5) is 15.8. The molecular weight excluding hydrogens is 272 g/mol. The number of hydrogen-bond acceptors (Lipinski definition) is 5. The summed E-state index contributed by atoms with van der Waals surface area (Å²) in [6.07, 6.45) is 4.35. The quantitative estimate of drug-likeness (QED) is 0.732. The highest BCUT2D eigenvalue weighted by Crippen LogP contribution is 2.13. The van der Waals surface area contributed by atoms with Gasteiger partial charge in [0.05, 0.1) is 26.4 Å². The summed E-state index contributed by atoms with van der Waals surface area (Å²) >= 11 is 0. The molecule has 21 heavy (non-hydrogen) atoms. The molecule has 0 radical (unpaired) electrons. The van der Waals surface area contributed by atoms with Gasteiger partial charge >= 0.3 is 0 Å². The summed E-state index contributed by atoms with van der Waals surface area (Å²) in [6, 6.07) is 3.69. The fraction of sp³-hybridized carbons (Fsp3) is 0.600. The van der Waals surface area contributed by atoms with Crippen molar-refractivity contribution in [3.8, 4) is 5.88 Å². The number of pyridine rings is 1. The molecule has 1 amide bonds. The number of methoxy groups -OCH3 is 1. The second kappa shape index (κ2) is 8.59. The van der Waals surface area contributed by atoms with Crippen LogP contribution in [0.25, 0.3) is 0 Å². The number of hydrogen-bond donors (Lipinski definition) is 1. The van der Waals surface area contributed by atoms with Crippen molar-refractivity contribution in [2.45, 2.75) is 31.9 Å². The molecule has 0 aliphatic carbocycles. The van der Waals surface area contributed by atoms with Crippen molar-refractivity contribution in [3.63, 3.8) is 0 Å². The van der Waals surface area contributed by atoms with Crippen LogP contribution in [0.5, 0.6) is 5.88 Å². The molecular formula is C15H22N2O4. The molecule has 1 aromatic rings. The maximum atomic E-state index is 11.7. The number of aromatic nitrogens is 1. The third-order valence-corrected chi connectivity index (χ3v) is 3.32. The van der Waals surface area contributed by atoms with Crippen LogP contribution in [-0.2, 0) is 20.8 Å². The smallest absolute Gasteiger partial charge is 0.222 e. The summed E-state index contributed by atoms with van der Waals surface area (Å²) < 4.78 is 16.0. The first-order valence-electron chi connectivity index (χ1n) is 7.23. The maximum Gasteiger partial charge on any atom is 0.222 e. The number of carbonyl (C=O) groups is 1. The van der Waals surface area contributed by atoms with E-state index in [2.05, 4.69) is 10.3 Å². The van der Waals surface area contributed by atoms with Gasteiger partial charge in [0.25, 0.3) is 0 Å². The largest absolute Gasteiger partial charge is 0.481 e. The highest BCUT2D eigenvalue weighted by atomic mass is 16.5. The van der Waals surface area contributed by atoms with Gasteiger partial charge in [-0.25, -0.2) is 4.98 Å². The number of carbonyl (C=O) groups excluding carboxylic acids is 1. The average molecular weight is 294 g/mol. The van der Waals surface area contributed by atoms with Gasteiger partial charge in [-0.2, -0.15) is 0 Å². The van der Waals surface area contributed by atoms with Crippen LogP contribution < -0.4 is 10.1 Å². The molecule has 2 heterocycles. The van der Waals surface area contributed by atoms with Gasteiger partial charge in [-0.15, -0.1) is 0 Å². The number of rotatable bonds is 8. The van der Waals surface area contributed by atoms with Gasteiger partial charge in [0.1, 0.15) is 0 Å². The Morgan fingerprint density at radius 2 is 2.48 bits per heavy atom. The Kier molecular flexibility index (Phi) is 6.43. The van der Waals surface area contributed by atoms with Crippen LogP contribution in [0.2, 0.25) is 0 Å². The van der Waals surface area contributed by atoms with Crippen LogP contribution in [0.3, 0.4) is 0 Å². The van der Waals surface area contributed by atoms with Crippen molar-refractivity contribution < 1.29 is 19.0 Å².